The molecule has 0 spiro atoms. The zero-order chi connectivity index (χ0) is 49.0. The smallest absolute Gasteiger partial charge is 0.257 e. The minimum atomic E-state index is -0.762. The Balaban J connectivity index is 0.681. The number of carbonyl (C=O) groups is 4. The molecule has 368 valence electrons. The number of hydrogen-bond acceptors (Lipinski definition) is 10. The van der Waals surface area contributed by atoms with E-state index in [0.717, 1.165) is 129 Å². The van der Waals surface area contributed by atoms with Crippen LogP contribution in [0, 0.1) is 5.92 Å². The minimum absolute atomic E-state index is 0.0903. The third-order valence-electron chi connectivity index (χ3n) is 16.5. The summed E-state index contributed by atoms with van der Waals surface area (Å²) in [5.74, 6) is 0.342. The van der Waals surface area contributed by atoms with Crippen molar-refractivity contribution in [2.75, 3.05) is 69.6 Å². The van der Waals surface area contributed by atoms with Crippen molar-refractivity contribution in [1.82, 2.24) is 39.0 Å². The van der Waals surface area contributed by atoms with E-state index in [0.29, 0.717) is 24.3 Å². The summed E-state index contributed by atoms with van der Waals surface area (Å²) >= 11 is 0. The van der Waals surface area contributed by atoms with E-state index < -0.39 is 17.4 Å². The topological polar surface area (TPSA) is 148 Å². The van der Waals surface area contributed by atoms with Crippen molar-refractivity contribution in [2.24, 2.45) is 13.0 Å². The number of aromatic nitrogens is 3. The Morgan fingerprint density at radius 3 is 2.33 bits per heavy atom. The molecule has 0 unspecified atom stereocenters. The van der Waals surface area contributed by atoms with Crippen LogP contribution in [0.25, 0.3) is 16.7 Å². The summed E-state index contributed by atoms with van der Waals surface area (Å²) in [5, 5.41) is 6.42. The number of aryl methyl sites for hydroxylation is 1. The van der Waals surface area contributed by atoms with Gasteiger partial charge in [0.15, 0.2) is 0 Å². The highest BCUT2D eigenvalue weighted by atomic mass is 16.2. The number of fused-ring (bicyclic) bond motifs is 2. The molecule has 2 N–H and O–H groups in total. The van der Waals surface area contributed by atoms with Crippen molar-refractivity contribution in [1.29, 1.82) is 0 Å². The summed E-state index contributed by atoms with van der Waals surface area (Å²) in [6.07, 6.45) is 8.27. The Kier molecular flexibility index (Phi) is 13.0. The number of rotatable bonds is 11. The molecule has 5 aromatic rings. The highest BCUT2D eigenvalue weighted by Crippen LogP contribution is 2.44. The van der Waals surface area contributed by atoms with Crippen molar-refractivity contribution in [3.05, 3.63) is 117 Å². The van der Waals surface area contributed by atoms with E-state index in [-0.39, 0.29) is 35.7 Å². The number of anilines is 2. The number of pyridine rings is 2. The fourth-order valence-electron chi connectivity index (χ4n) is 12.1. The fourth-order valence-corrected chi connectivity index (χ4v) is 12.1. The fraction of sp³-hybridized carbons (Fsp3) is 0.491. The summed E-state index contributed by atoms with van der Waals surface area (Å²) in [7, 11) is 3.87. The van der Waals surface area contributed by atoms with E-state index in [2.05, 4.69) is 81.1 Å². The minimum Gasteiger partial charge on any atom is -0.388 e. The van der Waals surface area contributed by atoms with Gasteiger partial charge in [0.25, 0.3) is 11.5 Å². The molecule has 8 heterocycles. The lowest BCUT2D eigenvalue weighted by Gasteiger charge is -2.42. The largest absolute Gasteiger partial charge is 0.388 e. The first-order chi connectivity index (χ1) is 33.7. The quantitative estimate of drug-likeness (QED) is 0.147. The van der Waals surface area contributed by atoms with Crippen LogP contribution < -0.4 is 21.1 Å². The summed E-state index contributed by atoms with van der Waals surface area (Å²) < 4.78 is 3.85. The number of amides is 4. The molecular formula is C55H68N10O5. The van der Waals surface area contributed by atoms with Gasteiger partial charge in [-0.05, 0) is 138 Å². The van der Waals surface area contributed by atoms with Gasteiger partial charge in [0.05, 0.1) is 11.1 Å². The molecule has 10 rings (SSSR count). The number of imide groups is 1. The first-order valence-electron chi connectivity index (χ1n) is 25.4. The molecule has 3 aromatic heterocycles. The first-order valence-corrected chi connectivity index (χ1v) is 25.4. The zero-order valence-electron chi connectivity index (χ0n) is 41.6. The summed E-state index contributed by atoms with van der Waals surface area (Å²) in [6, 6.07) is 22.2. The van der Waals surface area contributed by atoms with Crippen LogP contribution in [-0.2, 0) is 33.4 Å². The van der Waals surface area contributed by atoms with Crippen molar-refractivity contribution >= 4 is 46.0 Å². The van der Waals surface area contributed by atoms with E-state index in [9.17, 15) is 24.0 Å². The van der Waals surface area contributed by atoms with E-state index in [4.69, 9.17) is 4.98 Å². The van der Waals surface area contributed by atoms with Gasteiger partial charge in [-0.25, -0.2) is 4.98 Å². The van der Waals surface area contributed by atoms with E-state index in [1.54, 1.807) is 21.7 Å². The van der Waals surface area contributed by atoms with Gasteiger partial charge in [-0.1, -0.05) is 24.3 Å². The molecule has 70 heavy (non-hydrogen) atoms. The maximum Gasteiger partial charge on any atom is 0.257 e. The average molecular weight is 949 g/mol. The monoisotopic (exact) mass is 949 g/mol. The Hall–Kier alpha value is -6.16. The number of nitrogens with zero attached hydrogens (tertiary/aromatic N) is 8. The van der Waals surface area contributed by atoms with Gasteiger partial charge in [0, 0.05) is 125 Å². The Morgan fingerprint density at radius 2 is 1.63 bits per heavy atom. The number of piperazine rings is 1. The van der Waals surface area contributed by atoms with Crippen LogP contribution in [0.4, 0.5) is 11.4 Å². The molecule has 15 nitrogen and oxygen atoms in total. The van der Waals surface area contributed by atoms with Gasteiger partial charge in [-0.2, -0.15) is 0 Å². The number of nitrogens with one attached hydrogen (secondary N) is 2. The molecule has 3 atom stereocenters. The lowest BCUT2D eigenvalue weighted by molar-refractivity contribution is -0.136. The van der Waals surface area contributed by atoms with E-state index in [1.165, 1.54) is 11.3 Å². The van der Waals surface area contributed by atoms with Crippen molar-refractivity contribution in [2.45, 2.75) is 102 Å². The standard InChI is InChI=1S/C55H68N10O5/c1-35-32-60(33-38-7-12-46-44(29-38)55(3,4)54(70)65(46)47-13-14-49(66)58-52(47)68)27-28-63(35)34-37-16-22-62(23-17-37)53(69)41-10-8-39(9-11-41)40-18-24-61(25-19-40)36(2)48-31-43-45(15-21-57-51(43)59(48)6)64-26-20-42(56-5)30-50(64)67/h7-12,15,20-21,26,29-31,35-37,40,47,56H,13-14,16-19,22-25,27-28,32-34H2,1-6H3,(H,58,66,68)/t35-,36-,47-/m0/s1. The second kappa shape index (κ2) is 19.2. The maximum absolute atomic E-state index is 13.8. The molecule has 5 aliphatic heterocycles. The van der Waals surface area contributed by atoms with E-state index in [1.807, 2.05) is 62.3 Å². The number of hydrogen-bond donors (Lipinski definition) is 2. The van der Waals surface area contributed by atoms with Crippen LogP contribution in [0.3, 0.4) is 0 Å². The normalized spacial score (nSPS) is 22.4. The Morgan fingerprint density at radius 1 is 0.871 bits per heavy atom. The molecule has 2 aromatic carbocycles. The maximum atomic E-state index is 13.8. The predicted octanol–water partition coefficient (Wildman–Crippen LogP) is 6.19. The summed E-state index contributed by atoms with van der Waals surface area (Å²) in [4.78, 5) is 81.1. The molecule has 4 fully saturated rings. The van der Waals surface area contributed by atoms with Crippen LogP contribution in [0.15, 0.2) is 83.9 Å². The Bertz CT molecular complexity index is 2870. The molecule has 0 saturated carbocycles. The highest BCUT2D eigenvalue weighted by molar-refractivity contribution is 6.13. The first kappa shape index (κ1) is 47.5. The molecule has 0 radical (unpaired) electrons. The van der Waals surface area contributed by atoms with E-state index >= 15 is 0 Å². The Labute approximate surface area is 410 Å². The predicted molar refractivity (Wildman–Crippen MR) is 272 cm³/mol. The van der Waals surface area contributed by atoms with Crippen LogP contribution in [-0.4, -0.2) is 129 Å². The van der Waals surface area contributed by atoms with Crippen LogP contribution in [0.2, 0.25) is 0 Å². The second-order valence-electron chi connectivity index (χ2n) is 21.1. The second-order valence-corrected chi connectivity index (χ2v) is 21.1. The van der Waals surface area contributed by atoms with Crippen LogP contribution >= 0.6 is 0 Å². The van der Waals surface area contributed by atoms with Crippen LogP contribution in [0.5, 0.6) is 0 Å². The number of likely N-dealkylation sites (tertiary alicyclic amines) is 2. The lowest BCUT2D eigenvalue weighted by atomic mass is 9.85. The van der Waals surface area contributed by atoms with Gasteiger partial charge in [-0.3, -0.25) is 53.5 Å². The molecule has 4 amide bonds. The average Bonchev–Trinajstić information content (AvgIpc) is 3.80. The van der Waals surface area contributed by atoms with Crippen molar-refractivity contribution < 1.29 is 19.2 Å². The van der Waals surface area contributed by atoms with Crippen LogP contribution in [0.1, 0.15) is 111 Å². The molecule has 15 heteroatoms. The van der Waals surface area contributed by atoms with Crippen molar-refractivity contribution in [3.8, 4) is 5.69 Å². The van der Waals surface area contributed by atoms with Crippen molar-refractivity contribution in [3.63, 3.8) is 0 Å². The molecule has 0 bridgehead atoms. The number of piperidine rings is 3. The third-order valence-corrected chi connectivity index (χ3v) is 16.5. The summed E-state index contributed by atoms with van der Waals surface area (Å²) in [6.45, 7) is 16.7. The molecule has 0 aliphatic carbocycles. The summed E-state index contributed by atoms with van der Waals surface area (Å²) in [5.41, 5.74) is 7.73. The van der Waals surface area contributed by atoms with Gasteiger partial charge >= 0.3 is 0 Å². The molecule has 4 saturated heterocycles. The third kappa shape index (κ3) is 8.96. The zero-order valence-corrected chi connectivity index (χ0v) is 41.6. The van der Waals surface area contributed by atoms with Gasteiger partial charge in [0.2, 0.25) is 17.7 Å². The lowest BCUT2D eigenvalue weighted by Crippen LogP contribution is -2.55. The van der Waals surface area contributed by atoms with Gasteiger partial charge in [0.1, 0.15) is 11.7 Å². The highest BCUT2D eigenvalue weighted by Gasteiger charge is 2.49. The number of carbonyl (C=O) groups excluding carboxylic acids is 4. The van der Waals surface area contributed by atoms with Gasteiger partial charge in [-0.15, -0.1) is 0 Å². The molecular weight excluding hydrogens is 881 g/mol. The van der Waals surface area contributed by atoms with Gasteiger partial charge < -0.3 is 14.8 Å². The number of benzene rings is 2. The molecule has 5 aliphatic rings. The SMILES string of the molecule is CNc1ccn(-c2ccnc3c2cc([C@H](C)N2CCC(c4ccc(C(=O)N5CCC(CN6CCN(Cc7ccc8c(c7)C(C)(C)C(=O)N8[C@H]7CCC(=O)NC7=O)C[C@@H]6C)CC5)cc4)CC2)n3C)c(=O)c1.